The zero-order valence-corrected chi connectivity index (χ0v) is 7.75. The van der Waals surface area contributed by atoms with Crippen LogP contribution < -0.4 is 5.56 Å². The third kappa shape index (κ3) is 1.83. The summed E-state index contributed by atoms with van der Waals surface area (Å²) in [5, 5.41) is 0. The first-order valence-electron chi connectivity index (χ1n) is 3.03. The molecule has 0 saturated carbocycles. The summed E-state index contributed by atoms with van der Waals surface area (Å²) in [4.78, 5) is 13.3. The van der Waals surface area contributed by atoms with E-state index in [1.807, 2.05) is 6.07 Å². The highest BCUT2D eigenvalue weighted by molar-refractivity contribution is 14.1. The normalized spacial score (nSPS) is 13.0. The summed E-state index contributed by atoms with van der Waals surface area (Å²) in [6.45, 7) is 2.05. The van der Waals surface area contributed by atoms with E-state index in [1.165, 1.54) is 0 Å². The van der Waals surface area contributed by atoms with Gasteiger partial charge in [-0.1, -0.05) is 22.6 Å². The minimum atomic E-state index is -0.0268. The molecule has 0 bridgehead atoms. The summed E-state index contributed by atoms with van der Waals surface area (Å²) in [7, 11) is 0. The lowest BCUT2D eigenvalue weighted by Crippen LogP contribution is -2.03. The van der Waals surface area contributed by atoms with Crippen LogP contribution in [0.1, 0.15) is 16.4 Å². The predicted molar refractivity (Wildman–Crippen MR) is 49.5 cm³/mol. The first kappa shape index (κ1) is 7.78. The molecule has 10 heavy (non-hydrogen) atoms. The topological polar surface area (TPSA) is 32.9 Å². The molecule has 1 aromatic heterocycles. The highest BCUT2D eigenvalue weighted by atomic mass is 127. The van der Waals surface area contributed by atoms with Crippen molar-refractivity contribution in [3.8, 4) is 0 Å². The minimum absolute atomic E-state index is 0.0268. The Morgan fingerprint density at radius 1 is 1.70 bits per heavy atom. The summed E-state index contributed by atoms with van der Waals surface area (Å²) in [5.74, 6) is 0. The van der Waals surface area contributed by atoms with Gasteiger partial charge < -0.3 is 4.98 Å². The van der Waals surface area contributed by atoms with Crippen LogP contribution in [0.15, 0.2) is 23.1 Å². The molecule has 1 atom stereocenters. The monoisotopic (exact) mass is 249 g/mol. The van der Waals surface area contributed by atoms with Gasteiger partial charge in [-0.25, -0.2) is 0 Å². The third-order valence-electron chi connectivity index (χ3n) is 1.26. The quantitative estimate of drug-likeness (QED) is 0.598. The number of alkyl halides is 1. The molecule has 0 aliphatic carbocycles. The molecule has 2 nitrogen and oxygen atoms in total. The Balaban J connectivity index is 3.07. The molecule has 0 fully saturated rings. The predicted octanol–water partition coefficient (Wildman–Crippen LogP) is 1.87. The van der Waals surface area contributed by atoms with Crippen LogP contribution in [0.5, 0.6) is 0 Å². The van der Waals surface area contributed by atoms with Gasteiger partial charge in [0.05, 0.1) is 0 Å². The molecule has 0 spiro atoms. The van der Waals surface area contributed by atoms with Gasteiger partial charge in [0.1, 0.15) is 0 Å². The molecule has 1 unspecified atom stereocenters. The average Bonchev–Trinajstić information content (AvgIpc) is 1.88. The molecule has 0 amide bonds. The second kappa shape index (κ2) is 3.18. The maximum absolute atomic E-state index is 10.7. The van der Waals surface area contributed by atoms with Crippen LogP contribution in [-0.4, -0.2) is 4.98 Å². The van der Waals surface area contributed by atoms with Crippen molar-refractivity contribution in [2.75, 3.05) is 0 Å². The number of nitrogens with one attached hydrogen (secondary N) is 1. The van der Waals surface area contributed by atoms with Crippen molar-refractivity contribution in [1.82, 2.24) is 4.98 Å². The molecule has 1 heterocycles. The zero-order chi connectivity index (χ0) is 7.56. The molecule has 0 saturated heterocycles. The average molecular weight is 249 g/mol. The summed E-state index contributed by atoms with van der Waals surface area (Å²) >= 11 is 2.27. The van der Waals surface area contributed by atoms with Crippen LogP contribution in [0.2, 0.25) is 0 Å². The van der Waals surface area contributed by atoms with E-state index in [2.05, 4.69) is 34.5 Å². The molecule has 0 aliphatic rings. The van der Waals surface area contributed by atoms with Crippen molar-refractivity contribution in [3.05, 3.63) is 34.2 Å². The maximum Gasteiger partial charge on any atom is 0.248 e. The largest absolute Gasteiger partial charge is 0.329 e. The van der Waals surface area contributed by atoms with E-state index in [0.717, 1.165) is 5.56 Å². The van der Waals surface area contributed by atoms with E-state index in [-0.39, 0.29) is 5.56 Å². The highest BCUT2D eigenvalue weighted by Gasteiger charge is 1.98. The van der Waals surface area contributed by atoms with Gasteiger partial charge in [-0.15, -0.1) is 0 Å². The van der Waals surface area contributed by atoms with Crippen molar-refractivity contribution in [2.45, 2.75) is 10.8 Å². The Morgan fingerprint density at radius 3 is 2.80 bits per heavy atom. The Bertz CT molecular complexity index is 266. The molecule has 0 aliphatic heterocycles. The van der Waals surface area contributed by atoms with Gasteiger partial charge >= 0.3 is 0 Å². The second-order valence-corrected chi connectivity index (χ2v) is 3.97. The summed E-state index contributed by atoms with van der Waals surface area (Å²) < 4.78 is 0.403. The second-order valence-electron chi connectivity index (χ2n) is 2.10. The number of rotatable bonds is 1. The fourth-order valence-corrected chi connectivity index (χ4v) is 1.10. The highest BCUT2D eigenvalue weighted by Crippen LogP contribution is 2.19. The van der Waals surface area contributed by atoms with Gasteiger partial charge in [0.15, 0.2) is 0 Å². The zero-order valence-electron chi connectivity index (χ0n) is 5.60. The molecule has 1 rings (SSSR count). The van der Waals surface area contributed by atoms with Gasteiger partial charge in [0.25, 0.3) is 0 Å². The van der Waals surface area contributed by atoms with E-state index in [1.54, 1.807) is 12.3 Å². The van der Waals surface area contributed by atoms with Crippen molar-refractivity contribution < 1.29 is 0 Å². The minimum Gasteiger partial charge on any atom is -0.329 e. The van der Waals surface area contributed by atoms with Crippen LogP contribution in [0.25, 0.3) is 0 Å². The number of aromatic amines is 1. The van der Waals surface area contributed by atoms with Gasteiger partial charge in [-0.3, -0.25) is 4.79 Å². The van der Waals surface area contributed by atoms with Gasteiger partial charge in [0.2, 0.25) is 5.56 Å². The number of hydrogen-bond acceptors (Lipinski definition) is 1. The summed E-state index contributed by atoms with van der Waals surface area (Å²) in [5.41, 5.74) is 1.05. The molecule has 3 heteroatoms. The Kier molecular flexibility index (Phi) is 2.48. The Labute approximate surface area is 72.8 Å². The molecule has 54 valence electrons. The van der Waals surface area contributed by atoms with Crippen LogP contribution in [0, 0.1) is 0 Å². The van der Waals surface area contributed by atoms with Gasteiger partial charge in [-0.2, -0.15) is 0 Å². The van der Waals surface area contributed by atoms with Crippen LogP contribution in [-0.2, 0) is 0 Å². The number of aromatic nitrogens is 1. The molecule has 0 aromatic carbocycles. The van der Waals surface area contributed by atoms with Crippen molar-refractivity contribution >= 4 is 22.6 Å². The van der Waals surface area contributed by atoms with Gasteiger partial charge in [-0.05, 0) is 18.6 Å². The molecular formula is C7H8INO. The summed E-state index contributed by atoms with van der Waals surface area (Å²) in [6, 6.07) is 3.54. The standard InChI is InChI=1S/C7H8INO/c1-5(8)6-2-3-9-7(10)4-6/h2-5H,1H3,(H,9,10). The molecule has 0 radical (unpaired) electrons. The molecule has 1 aromatic rings. The van der Waals surface area contributed by atoms with Crippen LogP contribution in [0.4, 0.5) is 0 Å². The third-order valence-corrected chi connectivity index (χ3v) is 1.98. The van der Waals surface area contributed by atoms with Crippen molar-refractivity contribution in [3.63, 3.8) is 0 Å². The number of hydrogen-bond donors (Lipinski definition) is 1. The van der Waals surface area contributed by atoms with E-state index in [9.17, 15) is 4.79 Å². The lowest BCUT2D eigenvalue weighted by Gasteiger charge is -1.99. The first-order chi connectivity index (χ1) is 4.70. The van der Waals surface area contributed by atoms with E-state index in [0.29, 0.717) is 3.92 Å². The number of H-pyrrole nitrogens is 1. The van der Waals surface area contributed by atoms with Crippen LogP contribution >= 0.6 is 22.6 Å². The van der Waals surface area contributed by atoms with Crippen molar-refractivity contribution in [1.29, 1.82) is 0 Å². The fraction of sp³-hybridized carbons (Fsp3) is 0.286. The smallest absolute Gasteiger partial charge is 0.248 e. The summed E-state index contributed by atoms with van der Waals surface area (Å²) in [6.07, 6.45) is 1.67. The first-order valence-corrected chi connectivity index (χ1v) is 4.27. The van der Waals surface area contributed by atoms with Crippen molar-refractivity contribution in [2.24, 2.45) is 0 Å². The SMILES string of the molecule is CC(I)c1cc[nH]c(=O)c1. The van der Waals surface area contributed by atoms with Gasteiger partial charge in [0, 0.05) is 16.2 Å². The Hall–Kier alpha value is -0.320. The lowest BCUT2D eigenvalue weighted by atomic mass is 10.2. The van der Waals surface area contributed by atoms with E-state index >= 15 is 0 Å². The Morgan fingerprint density at radius 2 is 2.40 bits per heavy atom. The fourth-order valence-electron chi connectivity index (χ4n) is 0.709. The maximum atomic E-state index is 10.7. The van der Waals surface area contributed by atoms with E-state index < -0.39 is 0 Å². The van der Waals surface area contributed by atoms with E-state index in [4.69, 9.17) is 0 Å². The molecule has 1 N–H and O–H groups in total. The molecular weight excluding hydrogens is 241 g/mol. The number of pyridine rings is 1. The number of halogens is 1. The van der Waals surface area contributed by atoms with Crippen LogP contribution in [0.3, 0.4) is 0 Å². The lowest BCUT2D eigenvalue weighted by molar-refractivity contribution is 1.10.